The van der Waals surface area contributed by atoms with Crippen molar-refractivity contribution < 1.29 is 4.39 Å². The van der Waals surface area contributed by atoms with Crippen LogP contribution in [0.2, 0.25) is 0 Å². The van der Waals surface area contributed by atoms with Gasteiger partial charge in [0.2, 0.25) is 0 Å². The molecule has 2 aromatic rings. The Balaban J connectivity index is 2.05. The van der Waals surface area contributed by atoms with E-state index in [1.807, 2.05) is 35.2 Å². The van der Waals surface area contributed by atoms with E-state index in [0.717, 1.165) is 30.0 Å². The van der Waals surface area contributed by atoms with Crippen molar-refractivity contribution in [3.05, 3.63) is 53.8 Å². The van der Waals surface area contributed by atoms with E-state index < -0.39 is 0 Å². The molecule has 0 saturated heterocycles. The van der Waals surface area contributed by atoms with Crippen LogP contribution < -0.4 is 15.5 Å². The summed E-state index contributed by atoms with van der Waals surface area (Å²) in [5.74, 6) is -0.215. The third-order valence-electron chi connectivity index (χ3n) is 3.78. The molecule has 0 fully saturated rings. The fraction of sp³-hybridized carbons (Fsp3) is 0.250. The van der Waals surface area contributed by atoms with E-state index in [0.29, 0.717) is 12.2 Å². The Hall–Kier alpha value is -2.07. The van der Waals surface area contributed by atoms with Crippen LogP contribution in [0.1, 0.15) is 5.56 Å². The number of para-hydroxylation sites is 2. The molecule has 1 aliphatic rings. The Kier molecular flexibility index (Phi) is 3.32. The van der Waals surface area contributed by atoms with Crippen LogP contribution in [0.5, 0.6) is 0 Å². The summed E-state index contributed by atoms with van der Waals surface area (Å²) in [7, 11) is 2.06. The lowest BCUT2D eigenvalue weighted by Gasteiger charge is -2.37. The Bertz CT molecular complexity index is 627. The maximum Gasteiger partial charge on any atom is 0.147 e. The number of likely N-dealkylation sites (N-methyl/N-ethyl adjacent to an activating group) is 1. The van der Waals surface area contributed by atoms with Gasteiger partial charge in [-0.25, -0.2) is 4.39 Å². The van der Waals surface area contributed by atoms with Gasteiger partial charge >= 0.3 is 0 Å². The molecule has 1 aliphatic heterocycles. The van der Waals surface area contributed by atoms with Crippen LogP contribution in [0, 0.1) is 5.82 Å². The second kappa shape index (κ2) is 5.13. The predicted octanol–water partition coefficient (Wildman–Crippen LogP) is 2.87. The fourth-order valence-corrected chi connectivity index (χ4v) is 2.65. The van der Waals surface area contributed by atoms with Gasteiger partial charge in [-0.15, -0.1) is 0 Å². The van der Waals surface area contributed by atoms with E-state index in [1.54, 1.807) is 0 Å². The standard InChI is InChI=1S/C16H18FN3/c1-19-8-9-20(16-5-3-2-4-15(16)19)14-7-6-12(11-18)10-13(14)17/h2-7,10H,8-9,11,18H2,1H3. The first-order valence-corrected chi connectivity index (χ1v) is 6.77. The summed E-state index contributed by atoms with van der Waals surface area (Å²) in [6.45, 7) is 2.00. The highest BCUT2D eigenvalue weighted by Gasteiger charge is 2.22. The van der Waals surface area contributed by atoms with Gasteiger partial charge in [0.1, 0.15) is 5.82 Å². The van der Waals surface area contributed by atoms with Gasteiger partial charge in [0.25, 0.3) is 0 Å². The van der Waals surface area contributed by atoms with E-state index in [9.17, 15) is 4.39 Å². The highest BCUT2D eigenvalue weighted by molar-refractivity contribution is 5.79. The molecule has 4 heteroatoms. The summed E-state index contributed by atoms with van der Waals surface area (Å²) in [6.07, 6.45) is 0. The molecule has 3 nitrogen and oxygen atoms in total. The Morgan fingerprint density at radius 2 is 1.80 bits per heavy atom. The first kappa shape index (κ1) is 12.9. The van der Waals surface area contributed by atoms with E-state index in [2.05, 4.69) is 18.0 Å². The van der Waals surface area contributed by atoms with Crippen molar-refractivity contribution >= 4 is 17.1 Å². The van der Waals surface area contributed by atoms with E-state index >= 15 is 0 Å². The normalized spacial score (nSPS) is 14.3. The summed E-state index contributed by atoms with van der Waals surface area (Å²) in [5.41, 5.74) is 9.15. The molecule has 104 valence electrons. The summed E-state index contributed by atoms with van der Waals surface area (Å²) in [5, 5.41) is 0. The molecule has 3 rings (SSSR count). The van der Waals surface area contributed by atoms with Gasteiger partial charge in [-0.3, -0.25) is 0 Å². The van der Waals surface area contributed by atoms with Crippen molar-refractivity contribution in [2.24, 2.45) is 5.73 Å². The average molecular weight is 271 g/mol. The van der Waals surface area contributed by atoms with Crippen molar-refractivity contribution in [2.45, 2.75) is 6.54 Å². The van der Waals surface area contributed by atoms with Crippen molar-refractivity contribution in [1.82, 2.24) is 0 Å². The molecule has 1 heterocycles. The molecule has 0 amide bonds. The van der Waals surface area contributed by atoms with E-state index in [4.69, 9.17) is 5.73 Å². The summed E-state index contributed by atoms with van der Waals surface area (Å²) >= 11 is 0. The van der Waals surface area contributed by atoms with E-state index in [1.165, 1.54) is 6.07 Å². The third kappa shape index (κ3) is 2.12. The smallest absolute Gasteiger partial charge is 0.147 e. The SMILES string of the molecule is CN1CCN(c2ccc(CN)cc2F)c2ccccc21. The predicted molar refractivity (Wildman–Crippen MR) is 81.0 cm³/mol. The minimum absolute atomic E-state index is 0.215. The molecule has 0 saturated carbocycles. The first-order valence-electron chi connectivity index (χ1n) is 6.77. The van der Waals surface area contributed by atoms with Crippen LogP contribution in [-0.2, 0) is 6.54 Å². The summed E-state index contributed by atoms with van der Waals surface area (Å²) in [4.78, 5) is 4.23. The quantitative estimate of drug-likeness (QED) is 0.911. The number of nitrogens with zero attached hydrogens (tertiary/aromatic N) is 2. The molecule has 0 aliphatic carbocycles. The monoisotopic (exact) mass is 271 g/mol. The number of anilines is 3. The first-order chi connectivity index (χ1) is 9.70. The van der Waals surface area contributed by atoms with Crippen molar-refractivity contribution in [2.75, 3.05) is 29.9 Å². The molecular weight excluding hydrogens is 253 g/mol. The molecule has 0 bridgehead atoms. The van der Waals surface area contributed by atoms with Gasteiger partial charge in [0, 0.05) is 26.7 Å². The van der Waals surface area contributed by atoms with Crippen LogP contribution >= 0.6 is 0 Å². The molecule has 0 radical (unpaired) electrons. The molecule has 2 N–H and O–H groups in total. The summed E-state index contributed by atoms with van der Waals surface area (Å²) in [6, 6.07) is 13.3. The molecule has 2 aromatic carbocycles. The van der Waals surface area contributed by atoms with Crippen LogP contribution in [0.3, 0.4) is 0 Å². The number of benzene rings is 2. The topological polar surface area (TPSA) is 32.5 Å². The van der Waals surface area contributed by atoms with Gasteiger partial charge in [-0.05, 0) is 29.8 Å². The molecule has 0 unspecified atom stereocenters. The number of fused-ring (bicyclic) bond motifs is 1. The third-order valence-corrected chi connectivity index (χ3v) is 3.78. The number of hydrogen-bond acceptors (Lipinski definition) is 3. The van der Waals surface area contributed by atoms with Crippen LogP contribution in [0.25, 0.3) is 0 Å². The van der Waals surface area contributed by atoms with Gasteiger partial charge < -0.3 is 15.5 Å². The maximum absolute atomic E-state index is 14.3. The Morgan fingerprint density at radius 3 is 2.50 bits per heavy atom. The number of nitrogens with two attached hydrogens (primary N) is 1. The van der Waals surface area contributed by atoms with Gasteiger partial charge in [0.15, 0.2) is 0 Å². The molecular formula is C16H18FN3. The maximum atomic E-state index is 14.3. The van der Waals surface area contributed by atoms with Crippen molar-refractivity contribution in [1.29, 1.82) is 0 Å². The zero-order chi connectivity index (χ0) is 14.1. The number of halogens is 1. The van der Waals surface area contributed by atoms with Gasteiger partial charge in [0.05, 0.1) is 17.1 Å². The highest BCUT2D eigenvalue weighted by Crippen LogP contribution is 2.37. The van der Waals surface area contributed by atoms with Crippen LogP contribution in [0.15, 0.2) is 42.5 Å². The van der Waals surface area contributed by atoms with Crippen LogP contribution in [0.4, 0.5) is 21.5 Å². The molecule has 0 atom stereocenters. The fourth-order valence-electron chi connectivity index (χ4n) is 2.65. The lowest BCUT2D eigenvalue weighted by atomic mass is 10.1. The second-order valence-electron chi connectivity index (χ2n) is 5.05. The zero-order valence-corrected chi connectivity index (χ0v) is 11.5. The Morgan fingerprint density at radius 1 is 1.05 bits per heavy atom. The zero-order valence-electron chi connectivity index (χ0n) is 11.5. The lowest BCUT2D eigenvalue weighted by molar-refractivity contribution is 0.621. The van der Waals surface area contributed by atoms with Crippen LogP contribution in [-0.4, -0.2) is 20.1 Å². The Labute approximate surface area is 118 Å². The minimum Gasteiger partial charge on any atom is -0.371 e. The average Bonchev–Trinajstić information content (AvgIpc) is 2.48. The van der Waals surface area contributed by atoms with Gasteiger partial charge in [-0.2, -0.15) is 0 Å². The largest absolute Gasteiger partial charge is 0.371 e. The number of rotatable bonds is 2. The van der Waals surface area contributed by atoms with Crippen molar-refractivity contribution in [3.8, 4) is 0 Å². The molecule has 20 heavy (non-hydrogen) atoms. The summed E-state index contributed by atoms with van der Waals surface area (Å²) < 4.78 is 14.3. The lowest BCUT2D eigenvalue weighted by Crippen LogP contribution is -2.36. The van der Waals surface area contributed by atoms with Crippen molar-refractivity contribution in [3.63, 3.8) is 0 Å². The minimum atomic E-state index is -0.215. The highest BCUT2D eigenvalue weighted by atomic mass is 19.1. The second-order valence-corrected chi connectivity index (χ2v) is 5.05. The molecule has 0 spiro atoms. The van der Waals surface area contributed by atoms with E-state index in [-0.39, 0.29) is 5.82 Å². The number of hydrogen-bond donors (Lipinski definition) is 1. The molecule has 0 aromatic heterocycles. The van der Waals surface area contributed by atoms with Gasteiger partial charge in [-0.1, -0.05) is 18.2 Å².